The molecule has 1 aromatic rings. The summed E-state index contributed by atoms with van der Waals surface area (Å²) in [5.74, 6) is -0.523. The molecule has 0 aromatic heterocycles. The van der Waals surface area contributed by atoms with Crippen LogP contribution in [0.1, 0.15) is 11.1 Å². The Morgan fingerprint density at radius 2 is 2.21 bits per heavy atom. The molecule has 1 rings (SSSR count). The minimum Gasteiger partial charge on any atom is -0.465 e. The van der Waals surface area contributed by atoms with Gasteiger partial charge in [-0.15, -0.1) is 0 Å². The molecule has 0 spiro atoms. The molecule has 0 atom stereocenters. The maximum atomic E-state index is 13.1. The molecule has 1 aromatic carbocycles. The average Bonchev–Trinajstić information content (AvgIpc) is 2.15. The van der Waals surface area contributed by atoms with E-state index in [0.29, 0.717) is 5.56 Å². The molecule has 5 heteroatoms. The summed E-state index contributed by atoms with van der Waals surface area (Å²) in [5, 5.41) is 19.0. The third kappa shape index (κ3) is 2.70. The molecule has 0 heterocycles. The molecular weight excluding hydrogens is 189 g/mol. The van der Waals surface area contributed by atoms with Gasteiger partial charge in [0.2, 0.25) is 0 Å². The van der Waals surface area contributed by atoms with Crippen LogP contribution >= 0.6 is 0 Å². The maximum Gasteiger partial charge on any atom is 0.404 e. The molecule has 3 N–H and O–H groups in total. The van der Waals surface area contributed by atoms with Crippen molar-refractivity contribution in [2.75, 3.05) is 0 Å². The SMILES string of the molecule is O=C(O)NCc1ccc(CO)cc1F. The van der Waals surface area contributed by atoms with Gasteiger partial charge in [-0.3, -0.25) is 0 Å². The van der Waals surface area contributed by atoms with E-state index in [9.17, 15) is 9.18 Å². The zero-order valence-corrected chi connectivity index (χ0v) is 7.33. The Morgan fingerprint density at radius 3 is 2.71 bits per heavy atom. The van der Waals surface area contributed by atoms with Crippen LogP contribution in [0.4, 0.5) is 9.18 Å². The van der Waals surface area contributed by atoms with Crippen molar-refractivity contribution in [1.29, 1.82) is 0 Å². The smallest absolute Gasteiger partial charge is 0.404 e. The van der Waals surface area contributed by atoms with E-state index in [1.54, 1.807) is 6.07 Å². The van der Waals surface area contributed by atoms with E-state index in [-0.39, 0.29) is 18.7 Å². The zero-order chi connectivity index (χ0) is 10.6. The summed E-state index contributed by atoms with van der Waals surface area (Å²) in [4.78, 5) is 10.1. The highest BCUT2D eigenvalue weighted by Crippen LogP contribution is 2.10. The van der Waals surface area contributed by atoms with Crippen LogP contribution in [0.15, 0.2) is 18.2 Å². The number of carboxylic acid groups (broad SMARTS) is 1. The summed E-state index contributed by atoms with van der Waals surface area (Å²) < 4.78 is 13.1. The van der Waals surface area contributed by atoms with Gasteiger partial charge in [0.1, 0.15) is 5.82 Å². The fourth-order valence-electron chi connectivity index (χ4n) is 1.00. The number of amides is 1. The van der Waals surface area contributed by atoms with Crippen molar-refractivity contribution in [2.45, 2.75) is 13.2 Å². The maximum absolute atomic E-state index is 13.1. The fraction of sp³-hybridized carbons (Fsp3) is 0.222. The molecule has 4 nitrogen and oxygen atoms in total. The Bertz CT molecular complexity index is 341. The van der Waals surface area contributed by atoms with E-state index in [1.807, 2.05) is 0 Å². The van der Waals surface area contributed by atoms with Crippen LogP contribution in [0, 0.1) is 5.82 Å². The predicted octanol–water partition coefficient (Wildman–Crippen LogP) is 1.09. The quantitative estimate of drug-likeness (QED) is 0.682. The molecular formula is C9H10FNO3. The first-order valence-corrected chi connectivity index (χ1v) is 3.98. The average molecular weight is 199 g/mol. The Hall–Kier alpha value is -1.62. The molecule has 0 aliphatic rings. The summed E-state index contributed by atoms with van der Waals surface area (Å²) >= 11 is 0. The fourth-order valence-corrected chi connectivity index (χ4v) is 1.00. The van der Waals surface area contributed by atoms with Gasteiger partial charge in [-0.05, 0) is 11.6 Å². The number of rotatable bonds is 3. The van der Waals surface area contributed by atoms with Crippen molar-refractivity contribution >= 4 is 6.09 Å². The Kier molecular flexibility index (Phi) is 3.41. The van der Waals surface area contributed by atoms with Gasteiger partial charge in [-0.25, -0.2) is 9.18 Å². The molecule has 76 valence electrons. The minimum absolute atomic E-state index is 0.0765. The van der Waals surface area contributed by atoms with Crippen LogP contribution < -0.4 is 5.32 Å². The van der Waals surface area contributed by atoms with E-state index >= 15 is 0 Å². The van der Waals surface area contributed by atoms with Crippen LogP contribution in [-0.4, -0.2) is 16.3 Å². The first kappa shape index (κ1) is 10.5. The van der Waals surface area contributed by atoms with Crippen molar-refractivity contribution in [2.24, 2.45) is 0 Å². The monoisotopic (exact) mass is 199 g/mol. The van der Waals surface area contributed by atoms with Gasteiger partial charge in [0.25, 0.3) is 0 Å². The second kappa shape index (κ2) is 4.57. The summed E-state index contributed by atoms with van der Waals surface area (Å²) in [7, 11) is 0. The second-order valence-corrected chi connectivity index (χ2v) is 2.74. The predicted molar refractivity (Wildman–Crippen MR) is 47.2 cm³/mol. The van der Waals surface area contributed by atoms with Crippen molar-refractivity contribution in [1.82, 2.24) is 5.32 Å². The van der Waals surface area contributed by atoms with Crippen LogP contribution in [0.5, 0.6) is 0 Å². The van der Waals surface area contributed by atoms with Crippen molar-refractivity contribution in [3.63, 3.8) is 0 Å². The van der Waals surface area contributed by atoms with Gasteiger partial charge < -0.3 is 15.5 Å². The Morgan fingerprint density at radius 1 is 1.50 bits per heavy atom. The van der Waals surface area contributed by atoms with Gasteiger partial charge in [0, 0.05) is 12.1 Å². The number of aliphatic hydroxyl groups excluding tert-OH is 1. The van der Waals surface area contributed by atoms with Crippen molar-refractivity contribution < 1.29 is 19.4 Å². The number of halogens is 1. The molecule has 0 aliphatic heterocycles. The van der Waals surface area contributed by atoms with Gasteiger partial charge in [0.15, 0.2) is 0 Å². The van der Waals surface area contributed by atoms with E-state index in [2.05, 4.69) is 5.32 Å². The van der Waals surface area contributed by atoms with Crippen LogP contribution in [-0.2, 0) is 13.2 Å². The standard InChI is InChI=1S/C9H10FNO3/c10-8-3-6(5-12)1-2-7(8)4-11-9(13)14/h1-3,11-12H,4-5H2,(H,13,14). The molecule has 0 bridgehead atoms. The van der Waals surface area contributed by atoms with E-state index < -0.39 is 11.9 Å². The lowest BCUT2D eigenvalue weighted by Crippen LogP contribution is -2.20. The lowest BCUT2D eigenvalue weighted by atomic mass is 10.1. The number of nitrogens with one attached hydrogen (secondary N) is 1. The number of carbonyl (C=O) groups is 1. The number of hydrogen-bond donors (Lipinski definition) is 3. The first-order valence-electron chi connectivity index (χ1n) is 3.98. The van der Waals surface area contributed by atoms with Crippen molar-refractivity contribution in [3.05, 3.63) is 35.1 Å². The summed E-state index contributed by atoms with van der Waals surface area (Å²) in [6.45, 7) is -0.309. The first-order chi connectivity index (χ1) is 6.63. The lowest BCUT2D eigenvalue weighted by Gasteiger charge is -2.04. The molecule has 0 radical (unpaired) electrons. The number of aliphatic hydroxyl groups is 1. The number of hydrogen-bond acceptors (Lipinski definition) is 2. The third-order valence-corrected chi connectivity index (χ3v) is 1.73. The highest BCUT2D eigenvalue weighted by Gasteiger charge is 2.04. The topological polar surface area (TPSA) is 69.6 Å². The molecule has 0 saturated heterocycles. The van der Waals surface area contributed by atoms with Gasteiger partial charge in [-0.1, -0.05) is 12.1 Å². The van der Waals surface area contributed by atoms with E-state index in [1.165, 1.54) is 12.1 Å². The van der Waals surface area contributed by atoms with Crippen LogP contribution in [0.2, 0.25) is 0 Å². The highest BCUT2D eigenvalue weighted by atomic mass is 19.1. The van der Waals surface area contributed by atoms with Gasteiger partial charge >= 0.3 is 6.09 Å². The Labute approximate surface area is 80.0 Å². The molecule has 1 amide bonds. The molecule has 0 fully saturated rings. The minimum atomic E-state index is -1.20. The lowest BCUT2D eigenvalue weighted by molar-refractivity contribution is 0.194. The van der Waals surface area contributed by atoms with Gasteiger partial charge in [-0.2, -0.15) is 0 Å². The number of benzene rings is 1. The van der Waals surface area contributed by atoms with Crippen LogP contribution in [0.3, 0.4) is 0 Å². The molecule has 0 aliphatic carbocycles. The summed E-state index contributed by atoms with van der Waals surface area (Å²) in [6, 6.07) is 4.16. The van der Waals surface area contributed by atoms with E-state index in [0.717, 1.165) is 0 Å². The summed E-state index contributed by atoms with van der Waals surface area (Å²) in [5.41, 5.74) is 0.714. The van der Waals surface area contributed by atoms with Crippen LogP contribution in [0.25, 0.3) is 0 Å². The molecule has 0 saturated carbocycles. The Balaban J connectivity index is 2.73. The van der Waals surface area contributed by atoms with Crippen molar-refractivity contribution in [3.8, 4) is 0 Å². The molecule has 14 heavy (non-hydrogen) atoms. The zero-order valence-electron chi connectivity index (χ0n) is 7.33. The largest absolute Gasteiger partial charge is 0.465 e. The summed E-state index contributed by atoms with van der Waals surface area (Å²) in [6.07, 6.45) is -1.20. The highest BCUT2D eigenvalue weighted by molar-refractivity contribution is 5.64. The third-order valence-electron chi connectivity index (χ3n) is 1.73. The molecule has 0 unspecified atom stereocenters. The van der Waals surface area contributed by atoms with E-state index in [4.69, 9.17) is 10.2 Å². The second-order valence-electron chi connectivity index (χ2n) is 2.74. The normalized spacial score (nSPS) is 9.86. The van der Waals surface area contributed by atoms with Gasteiger partial charge in [0.05, 0.1) is 6.61 Å².